The molecule has 4 heteroatoms. The van der Waals surface area contributed by atoms with Gasteiger partial charge in [0.2, 0.25) is 0 Å². The van der Waals surface area contributed by atoms with Gasteiger partial charge in [-0.05, 0) is 44.9 Å². The SMILES string of the molecule is Cc1nc2ccc(C(=O)NC3CCCCCC3)cc2nc1C. The summed E-state index contributed by atoms with van der Waals surface area (Å²) < 4.78 is 0. The van der Waals surface area contributed by atoms with Crippen molar-refractivity contribution in [3.63, 3.8) is 0 Å². The van der Waals surface area contributed by atoms with Gasteiger partial charge in [0, 0.05) is 11.6 Å². The first kappa shape index (κ1) is 14.9. The number of amides is 1. The molecule has 0 bridgehead atoms. The highest BCUT2D eigenvalue weighted by Gasteiger charge is 2.16. The molecule has 1 heterocycles. The normalized spacial score (nSPS) is 16.5. The second-order valence-corrected chi connectivity index (χ2v) is 6.26. The Labute approximate surface area is 131 Å². The van der Waals surface area contributed by atoms with Crippen LogP contribution in [0.2, 0.25) is 0 Å². The standard InChI is InChI=1S/C18H23N3O/c1-12-13(2)20-17-11-14(9-10-16(17)19-12)18(22)21-15-7-5-3-4-6-8-15/h9-11,15H,3-8H2,1-2H3,(H,21,22). The van der Waals surface area contributed by atoms with Crippen LogP contribution in [-0.2, 0) is 0 Å². The number of carbonyl (C=O) groups is 1. The zero-order valence-corrected chi connectivity index (χ0v) is 13.4. The van der Waals surface area contributed by atoms with Crippen molar-refractivity contribution in [2.24, 2.45) is 0 Å². The number of benzene rings is 1. The van der Waals surface area contributed by atoms with E-state index in [-0.39, 0.29) is 5.91 Å². The van der Waals surface area contributed by atoms with Gasteiger partial charge < -0.3 is 5.32 Å². The fraction of sp³-hybridized carbons (Fsp3) is 0.500. The molecule has 3 rings (SSSR count). The maximum absolute atomic E-state index is 12.5. The van der Waals surface area contributed by atoms with Crippen LogP contribution >= 0.6 is 0 Å². The van der Waals surface area contributed by atoms with Gasteiger partial charge in [0.05, 0.1) is 22.4 Å². The number of hydrogen-bond acceptors (Lipinski definition) is 3. The van der Waals surface area contributed by atoms with E-state index in [1.807, 2.05) is 32.0 Å². The van der Waals surface area contributed by atoms with Gasteiger partial charge in [0.1, 0.15) is 0 Å². The van der Waals surface area contributed by atoms with Crippen LogP contribution in [0.25, 0.3) is 11.0 Å². The summed E-state index contributed by atoms with van der Waals surface area (Å²) in [4.78, 5) is 21.5. The van der Waals surface area contributed by atoms with Crippen molar-refractivity contribution in [1.29, 1.82) is 0 Å². The maximum atomic E-state index is 12.5. The van der Waals surface area contributed by atoms with Gasteiger partial charge in [0.25, 0.3) is 5.91 Å². The van der Waals surface area contributed by atoms with Crippen molar-refractivity contribution in [2.45, 2.75) is 58.4 Å². The molecule has 1 N–H and O–H groups in total. The first-order chi connectivity index (χ1) is 10.6. The molecule has 0 spiro atoms. The van der Waals surface area contributed by atoms with Gasteiger partial charge in [-0.2, -0.15) is 0 Å². The zero-order valence-electron chi connectivity index (χ0n) is 13.4. The molecule has 22 heavy (non-hydrogen) atoms. The van der Waals surface area contributed by atoms with Crippen molar-refractivity contribution < 1.29 is 4.79 Å². The van der Waals surface area contributed by atoms with Crippen LogP contribution in [0.5, 0.6) is 0 Å². The van der Waals surface area contributed by atoms with Crippen molar-refractivity contribution in [2.75, 3.05) is 0 Å². The molecule has 4 nitrogen and oxygen atoms in total. The summed E-state index contributed by atoms with van der Waals surface area (Å²) in [5, 5.41) is 3.18. The Kier molecular flexibility index (Phi) is 4.36. The van der Waals surface area contributed by atoms with Gasteiger partial charge >= 0.3 is 0 Å². The van der Waals surface area contributed by atoms with E-state index < -0.39 is 0 Å². The van der Waals surface area contributed by atoms with E-state index >= 15 is 0 Å². The lowest BCUT2D eigenvalue weighted by atomic mass is 10.1. The molecular weight excluding hydrogens is 274 g/mol. The summed E-state index contributed by atoms with van der Waals surface area (Å²) in [6.45, 7) is 3.90. The molecule has 1 fully saturated rings. The zero-order chi connectivity index (χ0) is 15.5. The minimum Gasteiger partial charge on any atom is -0.349 e. The third-order valence-corrected chi connectivity index (χ3v) is 4.53. The van der Waals surface area contributed by atoms with Gasteiger partial charge in [-0.1, -0.05) is 25.7 Å². The number of carbonyl (C=O) groups excluding carboxylic acids is 1. The number of nitrogens with one attached hydrogen (secondary N) is 1. The predicted octanol–water partition coefficient (Wildman–Crippen LogP) is 3.70. The van der Waals surface area contributed by atoms with Gasteiger partial charge in [-0.15, -0.1) is 0 Å². The Balaban J connectivity index is 1.79. The molecular formula is C18H23N3O. The fourth-order valence-corrected chi connectivity index (χ4v) is 3.06. The van der Waals surface area contributed by atoms with E-state index in [2.05, 4.69) is 15.3 Å². The molecule has 1 aromatic heterocycles. The molecule has 116 valence electrons. The summed E-state index contributed by atoms with van der Waals surface area (Å²) in [7, 11) is 0. The minimum atomic E-state index is 0.00817. The Morgan fingerprint density at radius 1 is 1.00 bits per heavy atom. The second kappa shape index (κ2) is 6.42. The average Bonchev–Trinajstić information content (AvgIpc) is 2.76. The van der Waals surface area contributed by atoms with Crippen molar-refractivity contribution in [3.8, 4) is 0 Å². The Morgan fingerprint density at radius 2 is 1.64 bits per heavy atom. The number of aromatic nitrogens is 2. The highest BCUT2D eigenvalue weighted by molar-refractivity contribution is 5.97. The van der Waals surface area contributed by atoms with Gasteiger partial charge in [-0.3, -0.25) is 4.79 Å². The largest absolute Gasteiger partial charge is 0.349 e. The molecule has 1 aliphatic carbocycles. The van der Waals surface area contributed by atoms with Crippen molar-refractivity contribution >= 4 is 16.9 Å². The summed E-state index contributed by atoms with van der Waals surface area (Å²) >= 11 is 0. The fourth-order valence-electron chi connectivity index (χ4n) is 3.06. The monoisotopic (exact) mass is 297 g/mol. The molecule has 1 amide bonds. The molecule has 1 saturated carbocycles. The minimum absolute atomic E-state index is 0.00817. The molecule has 0 aliphatic heterocycles. The number of rotatable bonds is 2. The van der Waals surface area contributed by atoms with Gasteiger partial charge in [-0.25, -0.2) is 9.97 Å². The molecule has 0 atom stereocenters. The third-order valence-electron chi connectivity index (χ3n) is 4.53. The number of nitrogens with zero attached hydrogens (tertiary/aromatic N) is 2. The van der Waals surface area contributed by atoms with E-state index in [0.717, 1.165) is 35.3 Å². The molecule has 2 aromatic rings. The summed E-state index contributed by atoms with van der Waals surface area (Å²) in [5.41, 5.74) is 4.15. The van der Waals surface area contributed by atoms with E-state index in [1.165, 1.54) is 25.7 Å². The molecule has 0 radical (unpaired) electrons. The van der Waals surface area contributed by atoms with Crippen LogP contribution in [0.4, 0.5) is 0 Å². The Morgan fingerprint density at radius 3 is 2.32 bits per heavy atom. The van der Waals surface area contributed by atoms with Crippen molar-refractivity contribution in [3.05, 3.63) is 35.2 Å². The van der Waals surface area contributed by atoms with Crippen LogP contribution < -0.4 is 5.32 Å². The topological polar surface area (TPSA) is 54.9 Å². The van der Waals surface area contributed by atoms with Crippen LogP contribution in [0.15, 0.2) is 18.2 Å². The molecule has 0 unspecified atom stereocenters. The van der Waals surface area contributed by atoms with Crippen LogP contribution in [0.1, 0.15) is 60.3 Å². The summed E-state index contributed by atoms with van der Waals surface area (Å²) in [5.74, 6) is 0.00817. The summed E-state index contributed by atoms with van der Waals surface area (Å²) in [6.07, 6.45) is 7.20. The average molecular weight is 297 g/mol. The second-order valence-electron chi connectivity index (χ2n) is 6.26. The smallest absolute Gasteiger partial charge is 0.251 e. The molecule has 1 aliphatic rings. The van der Waals surface area contributed by atoms with E-state index in [4.69, 9.17) is 0 Å². The highest BCUT2D eigenvalue weighted by atomic mass is 16.1. The Bertz CT molecular complexity index is 688. The first-order valence-corrected chi connectivity index (χ1v) is 8.19. The number of fused-ring (bicyclic) bond motifs is 1. The molecule has 1 aromatic carbocycles. The lowest BCUT2D eigenvalue weighted by molar-refractivity contribution is 0.0933. The van der Waals surface area contributed by atoms with Crippen molar-refractivity contribution in [1.82, 2.24) is 15.3 Å². The highest BCUT2D eigenvalue weighted by Crippen LogP contribution is 2.19. The molecule has 0 saturated heterocycles. The third kappa shape index (κ3) is 3.26. The van der Waals surface area contributed by atoms with E-state index in [1.54, 1.807) is 0 Å². The predicted molar refractivity (Wildman–Crippen MR) is 88.0 cm³/mol. The summed E-state index contributed by atoms with van der Waals surface area (Å²) in [6, 6.07) is 5.90. The van der Waals surface area contributed by atoms with E-state index in [0.29, 0.717) is 11.6 Å². The lowest BCUT2D eigenvalue weighted by Gasteiger charge is -2.16. The number of aryl methyl sites for hydroxylation is 2. The number of hydrogen-bond donors (Lipinski definition) is 1. The lowest BCUT2D eigenvalue weighted by Crippen LogP contribution is -2.34. The van der Waals surface area contributed by atoms with E-state index in [9.17, 15) is 4.79 Å². The Hall–Kier alpha value is -1.97. The first-order valence-electron chi connectivity index (χ1n) is 8.19. The maximum Gasteiger partial charge on any atom is 0.251 e. The van der Waals surface area contributed by atoms with Crippen LogP contribution in [-0.4, -0.2) is 21.9 Å². The van der Waals surface area contributed by atoms with Gasteiger partial charge in [0.15, 0.2) is 0 Å². The van der Waals surface area contributed by atoms with Crippen LogP contribution in [0, 0.1) is 13.8 Å². The quantitative estimate of drug-likeness (QED) is 0.860. The van der Waals surface area contributed by atoms with Crippen LogP contribution in [0.3, 0.4) is 0 Å².